The Kier molecular flexibility index (Phi) is 7.55. The summed E-state index contributed by atoms with van der Waals surface area (Å²) in [5.74, 6) is 0. The lowest BCUT2D eigenvalue weighted by Crippen LogP contribution is -2.38. The highest BCUT2D eigenvalue weighted by Gasteiger charge is 2.38. The molecule has 2 nitrogen and oxygen atoms in total. The van der Waals surface area contributed by atoms with Crippen LogP contribution in [0, 0.1) is 5.41 Å². The molecular formula is C11H26O2P2. The van der Waals surface area contributed by atoms with Crippen LogP contribution in [0.3, 0.4) is 0 Å². The molecule has 0 fully saturated rings. The van der Waals surface area contributed by atoms with Crippen molar-refractivity contribution < 1.29 is 9.47 Å². The van der Waals surface area contributed by atoms with Crippen LogP contribution >= 0.6 is 15.8 Å². The fourth-order valence-electron chi connectivity index (χ4n) is 2.56. The van der Waals surface area contributed by atoms with Crippen molar-refractivity contribution in [2.24, 2.45) is 5.41 Å². The molecule has 92 valence electrons. The first-order valence-corrected chi connectivity index (χ1v) is 9.81. The molecule has 0 aliphatic rings. The quantitative estimate of drug-likeness (QED) is 0.648. The van der Waals surface area contributed by atoms with Crippen LogP contribution in [0.1, 0.15) is 6.92 Å². The van der Waals surface area contributed by atoms with Crippen LogP contribution in [-0.2, 0) is 9.47 Å². The van der Waals surface area contributed by atoms with Gasteiger partial charge in [0.1, 0.15) is 0 Å². The van der Waals surface area contributed by atoms with Crippen molar-refractivity contribution in [3.63, 3.8) is 0 Å². The van der Waals surface area contributed by atoms with Crippen LogP contribution in [-0.4, -0.2) is 59.5 Å². The summed E-state index contributed by atoms with van der Waals surface area (Å²) in [5, 5.41) is 0.752. The average Bonchev–Trinajstić information content (AvgIpc) is 2.02. The first-order valence-electron chi connectivity index (χ1n) is 5.19. The summed E-state index contributed by atoms with van der Waals surface area (Å²) < 4.78 is 10.8. The predicted molar refractivity (Wildman–Crippen MR) is 73.2 cm³/mol. The van der Waals surface area contributed by atoms with Gasteiger partial charge in [0.2, 0.25) is 0 Å². The van der Waals surface area contributed by atoms with Crippen molar-refractivity contribution >= 4 is 15.8 Å². The molecule has 0 atom stereocenters. The molecule has 0 aliphatic heterocycles. The Morgan fingerprint density at radius 3 is 1.47 bits per heavy atom. The monoisotopic (exact) mass is 252 g/mol. The topological polar surface area (TPSA) is 18.5 Å². The van der Waals surface area contributed by atoms with E-state index in [4.69, 9.17) is 9.47 Å². The molecule has 0 aliphatic carbocycles. The molecule has 0 amide bonds. The zero-order valence-corrected chi connectivity index (χ0v) is 13.0. The maximum absolute atomic E-state index is 5.38. The first-order chi connectivity index (χ1) is 6.89. The molecular weight excluding hydrogens is 226 g/mol. The minimum Gasteiger partial charge on any atom is -0.384 e. The fourth-order valence-corrected chi connectivity index (χ4v) is 9.05. The van der Waals surface area contributed by atoms with Crippen LogP contribution in [0.25, 0.3) is 0 Å². The van der Waals surface area contributed by atoms with Gasteiger partial charge in [0.05, 0.1) is 13.2 Å². The van der Waals surface area contributed by atoms with Crippen molar-refractivity contribution in [2.45, 2.75) is 12.3 Å². The molecule has 0 spiro atoms. The SMILES string of the molecule is COCC(C)(COC)C(P(C)C)P(C)C. The molecule has 0 radical (unpaired) electrons. The van der Waals surface area contributed by atoms with E-state index in [9.17, 15) is 0 Å². The predicted octanol–water partition coefficient (Wildman–Crippen LogP) is 3.09. The summed E-state index contributed by atoms with van der Waals surface area (Å²) in [7, 11) is 3.68. The highest BCUT2D eigenvalue weighted by atomic mass is 31.2. The fraction of sp³-hybridized carbons (Fsp3) is 1.00. The second kappa shape index (κ2) is 7.17. The molecule has 0 unspecified atom stereocenters. The number of hydrogen-bond acceptors (Lipinski definition) is 2. The Balaban J connectivity index is 4.81. The summed E-state index contributed by atoms with van der Waals surface area (Å²) in [5.41, 5.74) is 0.175. The number of methoxy groups -OCH3 is 2. The third-order valence-electron chi connectivity index (χ3n) is 2.55. The standard InChI is InChI=1S/C11H26O2P2/c1-11(8-12-2,9-13-3)10(14(4)5)15(6)7/h10H,8-9H2,1-7H3. The van der Waals surface area contributed by atoms with Gasteiger partial charge in [-0.25, -0.2) is 0 Å². The van der Waals surface area contributed by atoms with E-state index in [-0.39, 0.29) is 21.3 Å². The Morgan fingerprint density at radius 2 is 1.27 bits per heavy atom. The van der Waals surface area contributed by atoms with Crippen LogP contribution in [0.2, 0.25) is 0 Å². The summed E-state index contributed by atoms with van der Waals surface area (Å²) >= 11 is 0. The van der Waals surface area contributed by atoms with Crippen molar-refractivity contribution in [2.75, 3.05) is 54.1 Å². The molecule has 0 rings (SSSR count). The van der Waals surface area contributed by atoms with Crippen molar-refractivity contribution in [3.05, 3.63) is 0 Å². The van der Waals surface area contributed by atoms with E-state index in [0.717, 1.165) is 18.6 Å². The normalized spacial score (nSPS) is 13.2. The van der Waals surface area contributed by atoms with E-state index in [2.05, 4.69) is 33.6 Å². The first kappa shape index (κ1) is 15.8. The lowest BCUT2D eigenvalue weighted by atomic mass is 9.95. The number of hydrogen-bond donors (Lipinski definition) is 0. The van der Waals surface area contributed by atoms with Gasteiger partial charge in [0, 0.05) is 25.0 Å². The minimum atomic E-state index is 0.0544. The maximum atomic E-state index is 5.38. The highest BCUT2D eigenvalue weighted by Crippen LogP contribution is 2.58. The molecule has 0 saturated heterocycles. The summed E-state index contributed by atoms with van der Waals surface area (Å²) in [6.07, 6.45) is 0. The second-order valence-corrected chi connectivity index (χ2v) is 10.1. The smallest absolute Gasteiger partial charge is 0.0547 e. The zero-order chi connectivity index (χ0) is 12.1. The van der Waals surface area contributed by atoms with Crippen LogP contribution in [0.5, 0.6) is 0 Å². The molecule has 15 heavy (non-hydrogen) atoms. The van der Waals surface area contributed by atoms with Crippen molar-refractivity contribution in [3.8, 4) is 0 Å². The van der Waals surface area contributed by atoms with E-state index in [0.29, 0.717) is 0 Å². The lowest BCUT2D eigenvalue weighted by Gasteiger charge is -2.42. The van der Waals surface area contributed by atoms with Crippen molar-refractivity contribution in [1.29, 1.82) is 0 Å². The Morgan fingerprint density at radius 1 is 0.933 bits per heavy atom. The molecule has 0 saturated carbocycles. The molecule has 0 aromatic carbocycles. The summed E-state index contributed by atoms with van der Waals surface area (Å²) in [6.45, 7) is 13.4. The van der Waals surface area contributed by atoms with E-state index < -0.39 is 0 Å². The van der Waals surface area contributed by atoms with E-state index in [1.165, 1.54) is 0 Å². The summed E-state index contributed by atoms with van der Waals surface area (Å²) in [4.78, 5) is 0. The van der Waals surface area contributed by atoms with Gasteiger partial charge in [0.25, 0.3) is 0 Å². The third-order valence-corrected chi connectivity index (χ3v) is 8.52. The van der Waals surface area contributed by atoms with Gasteiger partial charge < -0.3 is 9.47 Å². The second-order valence-electron chi connectivity index (χ2n) is 4.82. The molecule has 0 bridgehead atoms. The van der Waals surface area contributed by atoms with Crippen LogP contribution in [0.4, 0.5) is 0 Å². The largest absolute Gasteiger partial charge is 0.384 e. The molecule has 4 heteroatoms. The highest BCUT2D eigenvalue weighted by molar-refractivity contribution is 7.74. The Hall–Kier alpha value is 0.780. The maximum Gasteiger partial charge on any atom is 0.0547 e. The molecule has 0 heterocycles. The lowest BCUT2D eigenvalue weighted by molar-refractivity contribution is 0.0312. The van der Waals surface area contributed by atoms with Gasteiger partial charge in [-0.15, -0.1) is 15.8 Å². The van der Waals surface area contributed by atoms with Gasteiger partial charge in [0.15, 0.2) is 0 Å². The molecule has 0 aromatic heterocycles. The average molecular weight is 252 g/mol. The van der Waals surface area contributed by atoms with Crippen LogP contribution < -0.4 is 0 Å². The summed E-state index contributed by atoms with van der Waals surface area (Å²) in [6, 6.07) is 0. The zero-order valence-electron chi connectivity index (χ0n) is 11.2. The number of rotatable bonds is 7. The van der Waals surface area contributed by atoms with Gasteiger partial charge in [-0.3, -0.25) is 0 Å². The van der Waals surface area contributed by atoms with Crippen molar-refractivity contribution in [1.82, 2.24) is 0 Å². The van der Waals surface area contributed by atoms with Gasteiger partial charge in [-0.2, -0.15) is 0 Å². The molecule has 0 N–H and O–H groups in total. The Labute approximate surface area is 97.6 Å². The van der Waals surface area contributed by atoms with E-state index in [1.54, 1.807) is 14.2 Å². The van der Waals surface area contributed by atoms with Gasteiger partial charge >= 0.3 is 0 Å². The third kappa shape index (κ3) is 4.65. The van der Waals surface area contributed by atoms with E-state index >= 15 is 0 Å². The minimum absolute atomic E-state index is 0.0544. The van der Waals surface area contributed by atoms with Gasteiger partial charge in [-0.05, 0) is 26.7 Å². The van der Waals surface area contributed by atoms with Gasteiger partial charge in [-0.1, -0.05) is 6.92 Å². The number of ether oxygens (including phenoxy) is 2. The Bertz CT molecular complexity index is 158. The van der Waals surface area contributed by atoms with E-state index in [1.807, 2.05) is 0 Å². The van der Waals surface area contributed by atoms with Crippen LogP contribution in [0.15, 0.2) is 0 Å². The molecule has 0 aromatic rings.